The molecule has 3 aliphatic heterocycles. The minimum atomic E-state index is -1.05. The molecule has 1 aromatic rings. The van der Waals surface area contributed by atoms with Crippen LogP contribution in [-0.4, -0.2) is 68.4 Å². The van der Waals surface area contributed by atoms with Gasteiger partial charge >= 0.3 is 0 Å². The van der Waals surface area contributed by atoms with Crippen LogP contribution in [0.3, 0.4) is 0 Å². The first-order valence-electron chi connectivity index (χ1n) is 9.52. The average molecular weight is 350 g/mol. The third kappa shape index (κ3) is 3.36. The molecule has 0 saturated carbocycles. The Hall–Kier alpha value is -0.990. The second-order valence-electron chi connectivity index (χ2n) is 8.08. The summed E-state index contributed by atoms with van der Waals surface area (Å²) >= 11 is 0. The van der Waals surface area contributed by atoms with Gasteiger partial charge in [0.05, 0.1) is 29.2 Å². The number of hydrogen-bond acceptors (Lipinski definition) is 6. The van der Waals surface area contributed by atoms with Crippen molar-refractivity contribution in [1.82, 2.24) is 20.0 Å². The molecule has 140 valence electrons. The molecular weight excluding hydrogens is 320 g/mol. The van der Waals surface area contributed by atoms with Gasteiger partial charge in [-0.25, -0.2) is 0 Å². The van der Waals surface area contributed by atoms with Crippen LogP contribution in [0.25, 0.3) is 0 Å². The van der Waals surface area contributed by atoms with E-state index in [0.29, 0.717) is 13.0 Å². The zero-order valence-corrected chi connectivity index (χ0v) is 15.1. The highest BCUT2D eigenvalue weighted by Crippen LogP contribution is 2.39. The van der Waals surface area contributed by atoms with E-state index in [-0.39, 0.29) is 0 Å². The van der Waals surface area contributed by atoms with Crippen LogP contribution in [0.2, 0.25) is 0 Å². The zero-order chi connectivity index (χ0) is 17.5. The van der Waals surface area contributed by atoms with Crippen LogP contribution >= 0.6 is 0 Å². The van der Waals surface area contributed by atoms with Crippen molar-refractivity contribution in [1.29, 1.82) is 0 Å². The number of hydrogen-bond donors (Lipinski definition) is 3. The molecule has 25 heavy (non-hydrogen) atoms. The smallest absolute Gasteiger partial charge is 0.111 e. The van der Waals surface area contributed by atoms with Crippen LogP contribution in [0.5, 0.6) is 0 Å². The molecule has 3 aliphatic rings. The SMILES string of the molecule is C[C@@]1(O)CCOC2(CCN(Cc3cc4n(n3)CCCNC4)CC2)[C@H]1O. The molecule has 2 atom stereocenters. The highest BCUT2D eigenvalue weighted by molar-refractivity contribution is 5.12. The van der Waals surface area contributed by atoms with E-state index >= 15 is 0 Å². The lowest BCUT2D eigenvalue weighted by Gasteiger charge is -2.51. The number of ether oxygens (including phenoxy) is 1. The number of aliphatic hydroxyl groups is 2. The molecule has 0 amide bonds. The molecule has 7 heteroatoms. The summed E-state index contributed by atoms with van der Waals surface area (Å²) in [4.78, 5) is 2.38. The van der Waals surface area contributed by atoms with Crippen molar-refractivity contribution in [2.45, 2.75) is 69.5 Å². The van der Waals surface area contributed by atoms with Crippen LogP contribution in [-0.2, 0) is 24.4 Å². The summed E-state index contributed by atoms with van der Waals surface area (Å²) in [5.41, 5.74) is 0.748. The number of aryl methyl sites for hydroxylation is 1. The van der Waals surface area contributed by atoms with E-state index in [1.165, 1.54) is 5.69 Å². The van der Waals surface area contributed by atoms with Gasteiger partial charge in [-0.2, -0.15) is 5.10 Å². The molecule has 0 unspecified atom stereocenters. The van der Waals surface area contributed by atoms with Crippen LogP contribution in [0.1, 0.15) is 44.0 Å². The van der Waals surface area contributed by atoms with E-state index < -0.39 is 17.3 Å². The van der Waals surface area contributed by atoms with Gasteiger partial charge in [0, 0.05) is 39.1 Å². The third-order valence-electron chi connectivity index (χ3n) is 6.12. The minimum Gasteiger partial charge on any atom is -0.387 e. The maximum Gasteiger partial charge on any atom is 0.111 e. The molecule has 0 aliphatic carbocycles. The largest absolute Gasteiger partial charge is 0.387 e. The van der Waals surface area contributed by atoms with Crippen molar-refractivity contribution in [3.8, 4) is 0 Å². The molecule has 3 N–H and O–H groups in total. The monoisotopic (exact) mass is 350 g/mol. The van der Waals surface area contributed by atoms with Gasteiger partial charge in [-0.1, -0.05) is 0 Å². The predicted molar refractivity (Wildman–Crippen MR) is 93.0 cm³/mol. The maximum absolute atomic E-state index is 10.6. The van der Waals surface area contributed by atoms with Gasteiger partial charge in [0.2, 0.25) is 0 Å². The molecule has 1 aromatic heterocycles. The Balaban J connectivity index is 1.38. The van der Waals surface area contributed by atoms with Crippen molar-refractivity contribution in [2.24, 2.45) is 0 Å². The topological polar surface area (TPSA) is 82.8 Å². The Morgan fingerprint density at radius 1 is 1.32 bits per heavy atom. The highest BCUT2D eigenvalue weighted by Gasteiger charge is 2.52. The first kappa shape index (κ1) is 17.4. The summed E-state index contributed by atoms with van der Waals surface area (Å²) in [5, 5.41) is 29.2. The van der Waals surface area contributed by atoms with Gasteiger partial charge in [-0.3, -0.25) is 9.58 Å². The van der Waals surface area contributed by atoms with Crippen molar-refractivity contribution >= 4 is 0 Å². The van der Waals surface area contributed by atoms with Crippen LogP contribution in [0.4, 0.5) is 0 Å². The first-order chi connectivity index (χ1) is 12.0. The number of nitrogens with one attached hydrogen (secondary N) is 1. The van der Waals surface area contributed by atoms with Crippen molar-refractivity contribution < 1.29 is 14.9 Å². The normalized spacial score (nSPS) is 33.2. The fourth-order valence-corrected chi connectivity index (χ4v) is 4.48. The Morgan fingerprint density at radius 3 is 2.92 bits per heavy atom. The van der Waals surface area contributed by atoms with Crippen LogP contribution in [0.15, 0.2) is 6.07 Å². The average Bonchev–Trinajstić information content (AvgIpc) is 2.83. The molecule has 4 heterocycles. The maximum atomic E-state index is 10.6. The standard InChI is InChI=1S/C18H30N4O3/c1-17(24)5-10-25-18(16(17)23)3-8-21(9-4-18)13-14-11-15-12-19-6-2-7-22(15)20-14/h11,16,19,23-24H,2-10,12-13H2,1H3/t16-,17+/m0/s1. The number of rotatable bonds is 2. The summed E-state index contributed by atoms with van der Waals surface area (Å²) in [6.07, 6.45) is 2.30. The third-order valence-corrected chi connectivity index (χ3v) is 6.12. The summed E-state index contributed by atoms with van der Waals surface area (Å²) in [7, 11) is 0. The molecule has 2 saturated heterocycles. The molecule has 7 nitrogen and oxygen atoms in total. The lowest BCUT2D eigenvalue weighted by atomic mass is 9.75. The second-order valence-corrected chi connectivity index (χ2v) is 8.08. The summed E-state index contributed by atoms with van der Waals surface area (Å²) in [6.45, 7) is 7.72. The number of piperidine rings is 1. The lowest BCUT2D eigenvalue weighted by molar-refractivity contribution is -0.246. The van der Waals surface area contributed by atoms with E-state index in [0.717, 1.165) is 64.2 Å². The number of aromatic nitrogens is 2. The number of aliphatic hydroxyl groups excluding tert-OH is 1. The van der Waals surface area contributed by atoms with E-state index in [4.69, 9.17) is 9.84 Å². The van der Waals surface area contributed by atoms with E-state index in [2.05, 4.69) is 21.0 Å². The first-order valence-corrected chi connectivity index (χ1v) is 9.52. The van der Waals surface area contributed by atoms with Crippen LogP contribution < -0.4 is 5.32 Å². The number of nitrogens with zero attached hydrogens (tertiary/aromatic N) is 3. The number of fused-ring (bicyclic) bond motifs is 1. The van der Waals surface area contributed by atoms with E-state index in [1.54, 1.807) is 6.92 Å². The summed E-state index contributed by atoms with van der Waals surface area (Å²) in [5.74, 6) is 0. The molecule has 4 rings (SSSR count). The Kier molecular flexibility index (Phi) is 4.62. The summed E-state index contributed by atoms with van der Waals surface area (Å²) < 4.78 is 8.10. The summed E-state index contributed by atoms with van der Waals surface area (Å²) in [6, 6.07) is 2.21. The highest BCUT2D eigenvalue weighted by atomic mass is 16.5. The van der Waals surface area contributed by atoms with Gasteiger partial charge < -0.3 is 20.3 Å². The fraction of sp³-hybridized carbons (Fsp3) is 0.833. The van der Waals surface area contributed by atoms with Gasteiger partial charge in [-0.05, 0) is 38.8 Å². The van der Waals surface area contributed by atoms with Gasteiger partial charge in [-0.15, -0.1) is 0 Å². The zero-order valence-electron chi connectivity index (χ0n) is 15.1. The van der Waals surface area contributed by atoms with Crippen LogP contribution in [0, 0.1) is 0 Å². The van der Waals surface area contributed by atoms with Gasteiger partial charge in [0.1, 0.15) is 6.10 Å². The van der Waals surface area contributed by atoms with E-state index in [1.807, 2.05) is 0 Å². The Bertz CT molecular complexity index is 584. The predicted octanol–water partition coefficient (Wildman–Crippen LogP) is 0.243. The van der Waals surface area contributed by atoms with Crippen molar-refractivity contribution in [3.05, 3.63) is 17.5 Å². The van der Waals surface area contributed by atoms with Crippen molar-refractivity contribution in [3.63, 3.8) is 0 Å². The second kappa shape index (κ2) is 6.63. The van der Waals surface area contributed by atoms with Gasteiger partial charge in [0.25, 0.3) is 0 Å². The molecule has 0 radical (unpaired) electrons. The fourth-order valence-electron chi connectivity index (χ4n) is 4.48. The molecule has 0 aromatic carbocycles. The quantitative estimate of drug-likeness (QED) is 0.709. The molecule has 1 spiro atoms. The Morgan fingerprint density at radius 2 is 2.12 bits per heavy atom. The molecule has 0 bridgehead atoms. The van der Waals surface area contributed by atoms with Crippen molar-refractivity contribution in [2.75, 3.05) is 26.2 Å². The lowest BCUT2D eigenvalue weighted by Crippen LogP contribution is -2.64. The molecular formula is C18H30N4O3. The molecule has 2 fully saturated rings. The Labute approximate surface area is 149 Å². The van der Waals surface area contributed by atoms with Gasteiger partial charge in [0.15, 0.2) is 0 Å². The minimum absolute atomic E-state index is 0.494. The number of likely N-dealkylation sites (tertiary alicyclic amines) is 1. The van der Waals surface area contributed by atoms with E-state index in [9.17, 15) is 10.2 Å².